The van der Waals surface area contributed by atoms with Crippen LogP contribution in [0.3, 0.4) is 0 Å². The van der Waals surface area contributed by atoms with E-state index in [4.69, 9.17) is 11.6 Å². The van der Waals surface area contributed by atoms with Gasteiger partial charge in [0.25, 0.3) is 0 Å². The standard InChI is InChI=1S/C14H19ClFN3O2S.ClH/c15-13-2-1-11(16)9-14(13)22(20,21)19-7-5-18(6-8-19)12-3-4-17-10-12;/h1-2,9,12,17H,3-8,10H2;1H. The molecule has 0 aromatic heterocycles. The number of benzene rings is 1. The average Bonchev–Trinajstić information content (AvgIpc) is 3.04. The van der Waals surface area contributed by atoms with Crippen LogP contribution in [0.4, 0.5) is 4.39 Å². The quantitative estimate of drug-likeness (QED) is 0.860. The van der Waals surface area contributed by atoms with Gasteiger partial charge < -0.3 is 5.32 Å². The number of nitrogens with zero attached hydrogens (tertiary/aromatic N) is 2. The summed E-state index contributed by atoms with van der Waals surface area (Å²) in [7, 11) is -3.74. The lowest BCUT2D eigenvalue weighted by Gasteiger charge is -2.37. The zero-order valence-corrected chi connectivity index (χ0v) is 14.9. The molecule has 5 nitrogen and oxygen atoms in total. The van der Waals surface area contributed by atoms with Crippen LogP contribution in [0.25, 0.3) is 0 Å². The summed E-state index contributed by atoms with van der Waals surface area (Å²) < 4.78 is 40.0. The minimum absolute atomic E-state index is 0. The van der Waals surface area contributed by atoms with Gasteiger partial charge in [0.15, 0.2) is 0 Å². The normalized spacial score (nSPS) is 23.7. The molecule has 1 aromatic rings. The van der Waals surface area contributed by atoms with Gasteiger partial charge in [-0.1, -0.05) is 11.6 Å². The van der Waals surface area contributed by atoms with Gasteiger partial charge in [0.05, 0.1) is 5.02 Å². The molecule has 0 aliphatic carbocycles. The largest absolute Gasteiger partial charge is 0.315 e. The van der Waals surface area contributed by atoms with Gasteiger partial charge in [-0.25, -0.2) is 12.8 Å². The number of hydrogen-bond acceptors (Lipinski definition) is 4. The highest BCUT2D eigenvalue weighted by atomic mass is 35.5. The SMILES string of the molecule is Cl.O=S(=O)(c1cc(F)ccc1Cl)N1CCN(C2CCNC2)CC1. The molecule has 2 saturated heterocycles. The summed E-state index contributed by atoms with van der Waals surface area (Å²) in [6.07, 6.45) is 1.10. The third kappa shape index (κ3) is 3.97. The van der Waals surface area contributed by atoms with E-state index in [0.717, 1.165) is 31.6 Å². The first-order valence-corrected chi connectivity index (χ1v) is 9.20. The van der Waals surface area contributed by atoms with Crippen LogP contribution in [-0.4, -0.2) is 62.9 Å². The van der Waals surface area contributed by atoms with Gasteiger partial charge in [-0.3, -0.25) is 4.90 Å². The molecule has 2 aliphatic rings. The molecule has 2 heterocycles. The van der Waals surface area contributed by atoms with Crippen molar-refractivity contribution in [2.24, 2.45) is 0 Å². The van der Waals surface area contributed by atoms with Crippen LogP contribution in [0.5, 0.6) is 0 Å². The molecule has 130 valence electrons. The summed E-state index contributed by atoms with van der Waals surface area (Å²) in [6.45, 7) is 4.18. The summed E-state index contributed by atoms with van der Waals surface area (Å²) in [4.78, 5) is 2.17. The van der Waals surface area contributed by atoms with Gasteiger partial charge in [0.2, 0.25) is 10.0 Å². The molecule has 0 amide bonds. The third-order valence-corrected chi connectivity index (χ3v) is 6.72. The number of hydrogen-bond donors (Lipinski definition) is 1. The van der Waals surface area contributed by atoms with Crippen molar-refractivity contribution in [2.75, 3.05) is 39.3 Å². The van der Waals surface area contributed by atoms with E-state index < -0.39 is 15.8 Å². The fourth-order valence-corrected chi connectivity index (χ4v) is 4.98. The molecule has 23 heavy (non-hydrogen) atoms. The van der Waals surface area contributed by atoms with Crippen LogP contribution in [-0.2, 0) is 10.0 Å². The lowest BCUT2D eigenvalue weighted by molar-refractivity contribution is 0.145. The summed E-state index contributed by atoms with van der Waals surface area (Å²) in [5.41, 5.74) is 0. The van der Waals surface area contributed by atoms with Crippen molar-refractivity contribution in [3.63, 3.8) is 0 Å². The Morgan fingerprint density at radius 3 is 2.52 bits per heavy atom. The second kappa shape index (κ2) is 7.63. The zero-order valence-electron chi connectivity index (χ0n) is 12.5. The minimum atomic E-state index is -3.74. The van der Waals surface area contributed by atoms with Crippen LogP contribution in [0, 0.1) is 5.82 Å². The van der Waals surface area contributed by atoms with Gasteiger partial charge in [-0.15, -0.1) is 12.4 Å². The molecular weight excluding hydrogens is 364 g/mol. The Balaban J connectivity index is 0.00000192. The highest BCUT2D eigenvalue weighted by Gasteiger charge is 2.33. The van der Waals surface area contributed by atoms with Crippen molar-refractivity contribution in [3.8, 4) is 0 Å². The molecule has 2 aliphatic heterocycles. The molecule has 0 saturated carbocycles. The summed E-state index contributed by atoms with van der Waals surface area (Å²) in [6, 6.07) is 3.92. The van der Waals surface area contributed by atoms with Crippen molar-refractivity contribution < 1.29 is 12.8 Å². The number of piperazine rings is 1. The molecular formula is C14H20Cl2FN3O2S. The summed E-state index contributed by atoms with van der Waals surface area (Å²) >= 11 is 5.94. The van der Waals surface area contributed by atoms with Crippen LogP contribution in [0.2, 0.25) is 5.02 Å². The van der Waals surface area contributed by atoms with E-state index >= 15 is 0 Å². The first-order valence-electron chi connectivity index (χ1n) is 7.38. The van der Waals surface area contributed by atoms with E-state index in [1.807, 2.05) is 0 Å². The van der Waals surface area contributed by atoms with Crippen molar-refractivity contribution in [2.45, 2.75) is 17.4 Å². The lowest BCUT2D eigenvalue weighted by Crippen LogP contribution is -2.52. The van der Waals surface area contributed by atoms with Crippen molar-refractivity contribution >= 4 is 34.0 Å². The topological polar surface area (TPSA) is 52.7 Å². The molecule has 9 heteroatoms. The Hall–Kier alpha value is -0.440. The van der Waals surface area contributed by atoms with E-state index in [2.05, 4.69) is 10.2 Å². The van der Waals surface area contributed by atoms with Gasteiger partial charge in [-0.05, 0) is 31.2 Å². The molecule has 1 atom stereocenters. The predicted octanol–water partition coefficient (Wildman–Crippen LogP) is 1.57. The maximum absolute atomic E-state index is 13.4. The molecule has 0 radical (unpaired) electrons. The highest BCUT2D eigenvalue weighted by Crippen LogP contribution is 2.26. The smallest absolute Gasteiger partial charge is 0.244 e. The van der Waals surface area contributed by atoms with Crippen LogP contribution in [0.1, 0.15) is 6.42 Å². The van der Waals surface area contributed by atoms with Crippen molar-refractivity contribution in [1.29, 1.82) is 0 Å². The van der Waals surface area contributed by atoms with E-state index in [0.29, 0.717) is 32.2 Å². The second-order valence-corrected chi connectivity index (χ2v) is 7.97. The van der Waals surface area contributed by atoms with E-state index in [1.54, 1.807) is 0 Å². The Bertz CT molecular complexity index is 645. The van der Waals surface area contributed by atoms with Crippen molar-refractivity contribution in [1.82, 2.24) is 14.5 Å². The second-order valence-electron chi connectivity index (χ2n) is 5.66. The Labute approximate surface area is 147 Å². The lowest BCUT2D eigenvalue weighted by atomic mass is 10.2. The van der Waals surface area contributed by atoms with E-state index in [9.17, 15) is 12.8 Å². The van der Waals surface area contributed by atoms with Gasteiger partial charge >= 0.3 is 0 Å². The van der Waals surface area contributed by atoms with Crippen LogP contribution in [0.15, 0.2) is 23.1 Å². The first kappa shape index (κ1) is 18.9. The third-order valence-electron chi connectivity index (χ3n) is 4.34. The Kier molecular flexibility index (Phi) is 6.27. The highest BCUT2D eigenvalue weighted by molar-refractivity contribution is 7.89. The molecule has 3 rings (SSSR count). The monoisotopic (exact) mass is 383 g/mol. The maximum Gasteiger partial charge on any atom is 0.244 e. The van der Waals surface area contributed by atoms with Crippen molar-refractivity contribution in [3.05, 3.63) is 29.0 Å². The van der Waals surface area contributed by atoms with E-state index in [-0.39, 0.29) is 22.3 Å². The number of nitrogens with one attached hydrogen (secondary N) is 1. The molecule has 1 N–H and O–H groups in total. The van der Waals surface area contributed by atoms with Gasteiger partial charge in [-0.2, -0.15) is 4.31 Å². The van der Waals surface area contributed by atoms with E-state index in [1.165, 1.54) is 10.4 Å². The molecule has 0 spiro atoms. The fraction of sp³-hybridized carbons (Fsp3) is 0.571. The predicted molar refractivity (Wildman–Crippen MR) is 90.3 cm³/mol. The number of halogens is 3. The Morgan fingerprint density at radius 1 is 1.22 bits per heavy atom. The number of sulfonamides is 1. The zero-order chi connectivity index (χ0) is 15.7. The summed E-state index contributed by atoms with van der Waals surface area (Å²) in [5, 5.41) is 3.38. The summed E-state index contributed by atoms with van der Waals surface area (Å²) in [5.74, 6) is -0.598. The van der Waals surface area contributed by atoms with Gasteiger partial charge in [0, 0.05) is 38.8 Å². The fourth-order valence-electron chi connectivity index (χ4n) is 3.07. The van der Waals surface area contributed by atoms with Crippen LogP contribution >= 0.6 is 24.0 Å². The Morgan fingerprint density at radius 2 is 1.91 bits per heavy atom. The molecule has 1 unspecified atom stereocenters. The maximum atomic E-state index is 13.4. The van der Waals surface area contributed by atoms with Crippen LogP contribution < -0.4 is 5.32 Å². The number of rotatable bonds is 3. The van der Waals surface area contributed by atoms with Gasteiger partial charge in [0.1, 0.15) is 10.7 Å². The first-order chi connectivity index (χ1) is 10.5. The molecule has 0 bridgehead atoms. The average molecular weight is 384 g/mol. The minimum Gasteiger partial charge on any atom is -0.315 e. The molecule has 2 fully saturated rings. The molecule has 1 aromatic carbocycles.